The van der Waals surface area contributed by atoms with E-state index in [-0.39, 0.29) is 29.8 Å². The van der Waals surface area contributed by atoms with Crippen LogP contribution in [0.15, 0.2) is 35.8 Å². The third kappa shape index (κ3) is 5.77. The molecule has 1 aromatic carbocycles. The van der Waals surface area contributed by atoms with E-state index in [2.05, 4.69) is 22.2 Å². The van der Waals surface area contributed by atoms with Gasteiger partial charge in [-0.3, -0.25) is 4.99 Å². The van der Waals surface area contributed by atoms with E-state index in [1.54, 1.807) is 24.1 Å². The van der Waals surface area contributed by atoms with Gasteiger partial charge in [-0.15, -0.1) is 30.6 Å². The van der Waals surface area contributed by atoms with Crippen LogP contribution in [-0.4, -0.2) is 33.6 Å². The Morgan fingerprint density at radius 2 is 2.10 bits per heavy atom. The van der Waals surface area contributed by atoms with E-state index in [1.165, 1.54) is 6.07 Å². The first-order chi connectivity index (χ1) is 9.08. The molecule has 0 aromatic heterocycles. The first-order valence-electron chi connectivity index (χ1n) is 6.09. The first-order valence-corrected chi connectivity index (χ1v) is 6.09. The Bertz CT molecular complexity index is 460. The molecule has 1 aromatic rings. The molecule has 1 rings (SSSR count). The summed E-state index contributed by atoms with van der Waals surface area (Å²) in [7, 11) is 5.32. The van der Waals surface area contributed by atoms with Gasteiger partial charge in [0.25, 0.3) is 0 Å². The summed E-state index contributed by atoms with van der Waals surface area (Å²) < 4.78 is 13.8. The maximum atomic E-state index is 13.8. The first kappa shape index (κ1) is 18.7. The molecule has 0 aliphatic rings. The predicted octanol–water partition coefficient (Wildman–Crippen LogP) is 2.36. The highest BCUT2D eigenvalue weighted by molar-refractivity contribution is 14.0. The number of nitrogens with zero attached hydrogens (tertiary/aromatic N) is 2. The fraction of sp³-hybridized carbons (Fsp3) is 0.357. The molecule has 0 atom stereocenters. The Kier molecular flexibility index (Phi) is 8.94. The summed E-state index contributed by atoms with van der Waals surface area (Å²) in [5.41, 5.74) is 1.45. The van der Waals surface area contributed by atoms with Gasteiger partial charge >= 0.3 is 0 Å². The topological polar surface area (TPSA) is 39.7 Å². The summed E-state index contributed by atoms with van der Waals surface area (Å²) in [6.07, 6.45) is 1.75. The Balaban J connectivity index is 0.00000361. The molecule has 0 unspecified atom stereocenters. The van der Waals surface area contributed by atoms with Gasteiger partial charge in [0.15, 0.2) is 5.96 Å². The van der Waals surface area contributed by atoms with Crippen LogP contribution < -0.4 is 15.5 Å². The van der Waals surface area contributed by atoms with Gasteiger partial charge in [-0.2, -0.15) is 0 Å². The summed E-state index contributed by atoms with van der Waals surface area (Å²) in [4.78, 5) is 5.80. The lowest BCUT2D eigenvalue weighted by atomic mass is 10.2. The molecule has 0 aliphatic heterocycles. The van der Waals surface area contributed by atoms with Crippen molar-refractivity contribution < 1.29 is 4.39 Å². The van der Waals surface area contributed by atoms with Crippen LogP contribution in [0.5, 0.6) is 0 Å². The number of benzene rings is 1. The van der Waals surface area contributed by atoms with E-state index in [0.29, 0.717) is 24.7 Å². The monoisotopic (exact) mass is 392 g/mol. The van der Waals surface area contributed by atoms with Crippen molar-refractivity contribution in [2.75, 3.05) is 32.6 Å². The van der Waals surface area contributed by atoms with E-state index in [4.69, 9.17) is 0 Å². The van der Waals surface area contributed by atoms with E-state index in [1.807, 2.05) is 20.2 Å². The number of anilines is 1. The van der Waals surface area contributed by atoms with Crippen molar-refractivity contribution in [2.24, 2.45) is 4.99 Å². The van der Waals surface area contributed by atoms with Crippen molar-refractivity contribution in [3.8, 4) is 0 Å². The Hall–Kier alpha value is -1.31. The van der Waals surface area contributed by atoms with Gasteiger partial charge in [0.05, 0.1) is 5.69 Å². The van der Waals surface area contributed by atoms with Crippen LogP contribution in [0.2, 0.25) is 0 Å². The average molecular weight is 392 g/mol. The number of halogens is 2. The Morgan fingerprint density at radius 3 is 2.60 bits per heavy atom. The zero-order valence-electron chi connectivity index (χ0n) is 12.1. The normalized spacial score (nSPS) is 10.5. The molecule has 112 valence electrons. The second-order valence-corrected chi connectivity index (χ2v) is 4.28. The van der Waals surface area contributed by atoms with Crippen molar-refractivity contribution in [2.45, 2.75) is 6.54 Å². The molecule has 6 heteroatoms. The maximum absolute atomic E-state index is 13.8. The van der Waals surface area contributed by atoms with Crippen LogP contribution in [-0.2, 0) is 6.54 Å². The molecule has 0 spiro atoms. The van der Waals surface area contributed by atoms with Crippen molar-refractivity contribution in [3.63, 3.8) is 0 Å². The van der Waals surface area contributed by atoms with Crippen molar-refractivity contribution in [1.82, 2.24) is 10.6 Å². The quantitative estimate of drug-likeness (QED) is 0.350. The summed E-state index contributed by atoms with van der Waals surface area (Å²) in [5, 5.41) is 6.16. The second kappa shape index (κ2) is 9.57. The number of rotatable bonds is 5. The van der Waals surface area contributed by atoms with Crippen LogP contribution in [0.4, 0.5) is 10.1 Å². The van der Waals surface area contributed by atoms with Crippen LogP contribution in [0.25, 0.3) is 0 Å². The molecule has 0 saturated heterocycles. The lowest BCUT2D eigenvalue weighted by molar-refractivity contribution is 0.623. The van der Waals surface area contributed by atoms with Gasteiger partial charge < -0.3 is 15.5 Å². The number of guanidine groups is 1. The van der Waals surface area contributed by atoms with E-state index in [9.17, 15) is 4.39 Å². The summed E-state index contributed by atoms with van der Waals surface area (Å²) in [5.74, 6) is 0.440. The van der Waals surface area contributed by atoms with Gasteiger partial charge in [0.2, 0.25) is 0 Å². The minimum Gasteiger partial charge on any atom is -0.375 e. The number of hydrogen-bond donors (Lipinski definition) is 2. The van der Waals surface area contributed by atoms with Gasteiger partial charge in [-0.25, -0.2) is 4.39 Å². The fourth-order valence-corrected chi connectivity index (χ4v) is 1.60. The second-order valence-electron chi connectivity index (χ2n) is 4.28. The maximum Gasteiger partial charge on any atom is 0.191 e. The number of nitrogens with one attached hydrogen (secondary N) is 2. The van der Waals surface area contributed by atoms with Gasteiger partial charge in [0.1, 0.15) is 5.82 Å². The minimum absolute atomic E-state index is 0. The highest BCUT2D eigenvalue weighted by Gasteiger charge is 2.05. The SMILES string of the molecule is C=CCNC(=NC)NCc1ccc(N(C)C)c(F)c1.I. The molecule has 0 saturated carbocycles. The smallest absolute Gasteiger partial charge is 0.191 e. The molecule has 0 bridgehead atoms. The number of aliphatic imine (C=N–C) groups is 1. The standard InChI is InChI=1S/C14H21FN4.HI/c1-5-8-17-14(16-2)18-10-11-6-7-13(19(3)4)12(15)9-11;/h5-7,9H,1,8,10H2,2-4H3,(H2,16,17,18);1H. The van der Waals surface area contributed by atoms with Crippen molar-refractivity contribution in [3.05, 3.63) is 42.2 Å². The lowest BCUT2D eigenvalue weighted by Gasteiger charge is -2.15. The molecular weight excluding hydrogens is 370 g/mol. The van der Waals surface area contributed by atoms with E-state index in [0.717, 1.165) is 5.56 Å². The third-order valence-corrected chi connectivity index (χ3v) is 2.59. The largest absolute Gasteiger partial charge is 0.375 e. The third-order valence-electron chi connectivity index (χ3n) is 2.59. The lowest BCUT2D eigenvalue weighted by Crippen LogP contribution is -2.36. The summed E-state index contributed by atoms with van der Waals surface area (Å²) in [6, 6.07) is 5.20. The van der Waals surface area contributed by atoms with Gasteiger partial charge in [-0.05, 0) is 17.7 Å². The molecular formula is C14H22FIN4. The number of hydrogen-bond acceptors (Lipinski definition) is 2. The Labute approximate surface area is 137 Å². The highest BCUT2D eigenvalue weighted by Crippen LogP contribution is 2.17. The average Bonchev–Trinajstić information content (AvgIpc) is 2.38. The Morgan fingerprint density at radius 1 is 1.40 bits per heavy atom. The minimum atomic E-state index is -0.224. The van der Waals surface area contributed by atoms with Crippen molar-refractivity contribution >= 4 is 35.6 Å². The molecule has 0 amide bonds. The van der Waals surface area contributed by atoms with Gasteiger partial charge in [-0.1, -0.05) is 12.1 Å². The van der Waals surface area contributed by atoms with Crippen LogP contribution in [0, 0.1) is 5.82 Å². The highest BCUT2D eigenvalue weighted by atomic mass is 127. The fourth-order valence-electron chi connectivity index (χ4n) is 1.60. The zero-order valence-corrected chi connectivity index (χ0v) is 14.4. The van der Waals surface area contributed by atoms with Crippen LogP contribution in [0.3, 0.4) is 0 Å². The van der Waals surface area contributed by atoms with E-state index < -0.39 is 0 Å². The predicted molar refractivity (Wildman–Crippen MR) is 94.5 cm³/mol. The summed E-state index contributed by atoms with van der Waals surface area (Å²) in [6.45, 7) is 4.77. The molecule has 20 heavy (non-hydrogen) atoms. The molecule has 4 nitrogen and oxygen atoms in total. The summed E-state index contributed by atoms with van der Waals surface area (Å²) >= 11 is 0. The molecule has 0 heterocycles. The molecule has 2 N–H and O–H groups in total. The van der Waals surface area contributed by atoms with E-state index >= 15 is 0 Å². The van der Waals surface area contributed by atoms with Crippen LogP contribution >= 0.6 is 24.0 Å². The molecule has 0 aliphatic carbocycles. The molecule has 0 radical (unpaired) electrons. The van der Waals surface area contributed by atoms with Crippen LogP contribution in [0.1, 0.15) is 5.56 Å². The zero-order chi connectivity index (χ0) is 14.3. The van der Waals surface area contributed by atoms with Crippen molar-refractivity contribution in [1.29, 1.82) is 0 Å². The molecule has 0 fully saturated rings. The van der Waals surface area contributed by atoms with Gasteiger partial charge in [0, 0.05) is 34.2 Å².